The van der Waals surface area contributed by atoms with Crippen LogP contribution in [0.5, 0.6) is 0 Å². The Kier molecular flexibility index (Phi) is 5.64. The zero-order valence-electron chi connectivity index (χ0n) is 10.9. The average molecular weight is 244 g/mol. The summed E-state index contributed by atoms with van der Waals surface area (Å²) < 4.78 is 0. The highest BCUT2D eigenvalue weighted by atomic mass is 16.4. The number of hydrogen-bond donors (Lipinski definition) is 1. The zero-order chi connectivity index (χ0) is 13.7. The van der Waals surface area contributed by atoms with E-state index in [0.717, 1.165) is 0 Å². The van der Waals surface area contributed by atoms with E-state index >= 15 is 0 Å². The van der Waals surface area contributed by atoms with Gasteiger partial charge in [0.05, 0.1) is 12.5 Å². The number of amides is 2. The summed E-state index contributed by atoms with van der Waals surface area (Å²) in [4.78, 5) is 36.6. The molecule has 0 spiro atoms. The molecule has 0 aromatic heterocycles. The van der Waals surface area contributed by atoms with Gasteiger partial charge in [0.1, 0.15) is 0 Å². The van der Waals surface area contributed by atoms with Crippen LogP contribution in [-0.2, 0) is 14.4 Å². The summed E-state index contributed by atoms with van der Waals surface area (Å²) in [7, 11) is 4.70. The lowest BCUT2D eigenvalue weighted by atomic mass is 9.95. The molecular weight excluding hydrogens is 224 g/mol. The van der Waals surface area contributed by atoms with Crippen LogP contribution in [0.2, 0.25) is 0 Å². The average Bonchev–Trinajstić information content (AvgIpc) is 2.25. The molecule has 0 aliphatic rings. The first-order chi connectivity index (χ1) is 7.68. The highest BCUT2D eigenvalue weighted by molar-refractivity contribution is 5.87. The van der Waals surface area contributed by atoms with Crippen LogP contribution in [0.25, 0.3) is 0 Å². The molecule has 0 radical (unpaired) electrons. The molecule has 0 aliphatic heterocycles. The lowest BCUT2D eigenvalue weighted by Crippen LogP contribution is -2.42. The molecule has 6 heteroatoms. The molecule has 17 heavy (non-hydrogen) atoms. The van der Waals surface area contributed by atoms with Crippen LogP contribution in [-0.4, -0.2) is 60.4 Å². The topological polar surface area (TPSA) is 77.9 Å². The predicted octanol–water partition coefficient (Wildman–Crippen LogP) is -0.110. The molecule has 0 aromatic carbocycles. The predicted molar refractivity (Wildman–Crippen MR) is 62.3 cm³/mol. The van der Waals surface area contributed by atoms with Gasteiger partial charge in [0.15, 0.2) is 0 Å². The smallest absolute Gasteiger partial charge is 0.307 e. The summed E-state index contributed by atoms with van der Waals surface area (Å²) in [6.07, 6.45) is 0. The Bertz CT molecular complexity index is 315. The molecule has 0 saturated heterocycles. The lowest BCUT2D eigenvalue weighted by molar-refractivity contribution is -0.149. The van der Waals surface area contributed by atoms with Crippen molar-refractivity contribution in [2.45, 2.75) is 13.8 Å². The van der Waals surface area contributed by atoms with E-state index in [9.17, 15) is 14.4 Å². The van der Waals surface area contributed by atoms with Crippen LogP contribution in [0, 0.1) is 11.8 Å². The molecule has 2 amide bonds. The van der Waals surface area contributed by atoms with E-state index in [1.54, 1.807) is 21.0 Å². The number of carbonyl (C=O) groups is 3. The molecule has 0 bridgehead atoms. The van der Waals surface area contributed by atoms with Crippen molar-refractivity contribution in [2.75, 3.05) is 27.7 Å². The minimum atomic E-state index is -1.02. The first-order valence-corrected chi connectivity index (χ1v) is 5.36. The summed E-state index contributed by atoms with van der Waals surface area (Å²) >= 11 is 0. The fourth-order valence-corrected chi connectivity index (χ4v) is 1.20. The molecular formula is C11H20N2O4. The Balaban J connectivity index is 4.50. The molecule has 0 heterocycles. The third kappa shape index (κ3) is 4.42. The first kappa shape index (κ1) is 15.4. The van der Waals surface area contributed by atoms with Crippen molar-refractivity contribution in [3.8, 4) is 0 Å². The third-order valence-electron chi connectivity index (χ3n) is 2.78. The maximum absolute atomic E-state index is 11.8. The molecule has 0 aliphatic carbocycles. The summed E-state index contributed by atoms with van der Waals surface area (Å²) in [6.45, 7) is 2.99. The zero-order valence-corrected chi connectivity index (χ0v) is 10.9. The van der Waals surface area contributed by atoms with E-state index in [2.05, 4.69) is 0 Å². The number of aliphatic carboxylic acids is 1. The summed E-state index contributed by atoms with van der Waals surface area (Å²) in [5.41, 5.74) is 0. The molecule has 0 aromatic rings. The van der Waals surface area contributed by atoms with E-state index in [1.807, 2.05) is 0 Å². The quantitative estimate of drug-likeness (QED) is 0.732. The van der Waals surface area contributed by atoms with Crippen LogP contribution in [0.15, 0.2) is 0 Å². The lowest BCUT2D eigenvalue weighted by Gasteiger charge is -2.24. The Labute approximate surface area is 101 Å². The summed E-state index contributed by atoms with van der Waals surface area (Å²) in [5, 5.41) is 8.81. The van der Waals surface area contributed by atoms with E-state index in [1.165, 1.54) is 23.8 Å². The van der Waals surface area contributed by atoms with Gasteiger partial charge in [-0.2, -0.15) is 0 Å². The Hall–Kier alpha value is -1.59. The van der Waals surface area contributed by atoms with Crippen molar-refractivity contribution < 1.29 is 19.5 Å². The van der Waals surface area contributed by atoms with Gasteiger partial charge in [-0.15, -0.1) is 0 Å². The molecule has 2 unspecified atom stereocenters. The Morgan fingerprint density at radius 1 is 1.06 bits per heavy atom. The fourth-order valence-electron chi connectivity index (χ4n) is 1.20. The maximum Gasteiger partial charge on any atom is 0.307 e. The fraction of sp³-hybridized carbons (Fsp3) is 0.727. The van der Waals surface area contributed by atoms with Crippen molar-refractivity contribution in [1.29, 1.82) is 0 Å². The minimum Gasteiger partial charge on any atom is -0.481 e. The molecule has 2 atom stereocenters. The van der Waals surface area contributed by atoms with E-state index in [0.29, 0.717) is 0 Å². The van der Waals surface area contributed by atoms with E-state index in [-0.39, 0.29) is 18.4 Å². The van der Waals surface area contributed by atoms with Crippen LogP contribution < -0.4 is 0 Å². The number of carbonyl (C=O) groups excluding carboxylic acids is 2. The number of likely N-dealkylation sites (N-methyl/N-ethyl adjacent to an activating group) is 2. The number of carboxylic acids is 1. The van der Waals surface area contributed by atoms with Gasteiger partial charge in [0, 0.05) is 27.1 Å². The van der Waals surface area contributed by atoms with Gasteiger partial charge in [-0.3, -0.25) is 14.4 Å². The van der Waals surface area contributed by atoms with Gasteiger partial charge >= 0.3 is 5.97 Å². The highest BCUT2D eigenvalue weighted by Gasteiger charge is 2.28. The van der Waals surface area contributed by atoms with Gasteiger partial charge in [-0.05, 0) is 0 Å². The second-order valence-corrected chi connectivity index (χ2v) is 4.40. The standard InChI is InChI=1S/C11H20N2O4/c1-7(8(2)11(16)17)10(15)13(5)6-9(14)12(3)4/h7-8H,6H2,1-5H3,(H,16,17). The van der Waals surface area contributed by atoms with Crippen molar-refractivity contribution in [3.05, 3.63) is 0 Å². The number of rotatable bonds is 5. The van der Waals surface area contributed by atoms with Crippen molar-refractivity contribution in [2.24, 2.45) is 11.8 Å². The van der Waals surface area contributed by atoms with Crippen molar-refractivity contribution in [1.82, 2.24) is 9.80 Å². The molecule has 0 fully saturated rings. The van der Waals surface area contributed by atoms with Crippen LogP contribution in [0.4, 0.5) is 0 Å². The highest BCUT2D eigenvalue weighted by Crippen LogP contribution is 2.13. The normalized spacial score (nSPS) is 13.7. The van der Waals surface area contributed by atoms with Gasteiger partial charge in [0.25, 0.3) is 0 Å². The van der Waals surface area contributed by atoms with Gasteiger partial charge < -0.3 is 14.9 Å². The second-order valence-electron chi connectivity index (χ2n) is 4.40. The Morgan fingerprint density at radius 3 is 1.88 bits per heavy atom. The minimum absolute atomic E-state index is 0.0392. The largest absolute Gasteiger partial charge is 0.481 e. The van der Waals surface area contributed by atoms with Crippen LogP contribution >= 0.6 is 0 Å². The second kappa shape index (κ2) is 6.22. The molecule has 1 N–H and O–H groups in total. The van der Waals surface area contributed by atoms with Crippen LogP contribution in [0.1, 0.15) is 13.8 Å². The van der Waals surface area contributed by atoms with E-state index in [4.69, 9.17) is 5.11 Å². The number of nitrogens with zero attached hydrogens (tertiary/aromatic N) is 2. The SMILES string of the molecule is CC(C(=O)O)C(C)C(=O)N(C)CC(=O)N(C)C. The molecule has 98 valence electrons. The molecule has 6 nitrogen and oxygen atoms in total. The number of hydrogen-bond acceptors (Lipinski definition) is 3. The van der Waals surface area contributed by atoms with Crippen molar-refractivity contribution >= 4 is 17.8 Å². The van der Waals surface area contributed by atoms with Gasteiger partial charge in [-0.1, -0.05) is 13.8 Å². The van der Waals surface area contributed by atoms with E-state index < -0.39 is 17.8 Å². The molecule has 0 saturated carbocycles. The monoisotopic (exact) mass is 244 g/mol. The maximum atomic E-state index is 11.8. The molecule has 0 rings (SSSR count). The Morgan fingerprint density at radius 2 is 1.53 bits per heavy atom. The first-order valence-electron chi connectivity index (χ1n) is 5.36. The van der Waals surface area contributed by atoms with Crippen molar-refractivity contribution in [3.63, 3.8) is 0 Å². The van der Waals surface area contributed by atoms with Gasteiger partial charge in [-0.25, -0.2) is 0 Å². The van der Waals surface area contributed by atoms with Gasteiger partial charge in [0.2, 0.25) is 11.8 Å². The third-order valence-corrected chi connectivity index (χ3v) is 2.78. The number of carboxylic acid groups (broad SMARTS) is 1. The van der Waals surface area contributed by atoms with Crippen LogP contribution in [0.3, 0.4) is 0 Å². The summed E-state index contributed by atoms with van der Waals surface area (Å²) in [5.74, 6) is -2.96. The summed E-state index contributed by atoms with van der Waals surface area (Å²) in [6, 6.07) is 0.